The Hall–Kier alpha value is -3.34. The summed E-state index contributed by atoms with van der Waals surface area (Å²) >= 11 is 0. The number of methoxy groups -OCH3 is 1. The largest absolute Gasteiger partial charge is 0.493 e. The molecule has 5 nitrogen and oxygen atoms in total. The number of imidazole rings is 1. The van der Waals surface area contributed by atoms with Crippen LogP contribution in [0.1, 0.15) is 5.82 Å². The predicted octanol–water partition coefficient (Wildman–Crippen LogP) is 4.21. The van der Waals surface area contributed by atoms with Crippen LogP contribution in [0.25, 0.3) is 22.2 Å². The summed E-state index contributed by atoms with van der Waals surface area (Å²) in [6.07, 6.45) is 3.58. The summed E-state index contributed by atoms with van der Waals surface area (Å²) in [4.78, 5) is 12.0. The molecule has 0 aliphatic heterocycles. The van der Waals surface area contributed by atoms with Crippen molar-refractivity contribution in [2.45, 2.75) is 6.61 Å². The number of rotatable bonds is 5. The Labute approximate surface area is 145 Å². The van der Waals surface area contributed by atoms with Crippen molar-refractivity contribution in [2.24, 2.45) is 0 Å². The fourth-order valence-corrected chi connectivity index (χ4v) is 2.74. The first-order chi connectivity index (χ1) is 12.3. The first kappa shape index (κ1) is 15.2. The highest BCUT2D eigenvalue weighted by Gasteiger charge is 2.08. The Morgan fingerprint density at radius 2 is 1.72 bits per heavy atom. The van der Waals surface area contributed by atoms with Crippen LogP contribution < -0.4 is 9.47 Å². The first-order valence-electron chi connectivity index (χ1n) is 7.98. The van der Waals surface area contributed by atoms with Gasteiger partial charge < -0.3 is 14.5 Å². The minimum Gasteiger partial charge on any atom is -0.493 e. The van der Waals surface area contributed by atoms with E-state index in [0.29, 0.717) is 18.1 Å². The van der Waals surface area contributed by atoms with Crippen molar-refractivity contribution in [1.29, 1.82) is 0 Å². The van der Waals surface area contributed by atoms with E-state index >= 15 is 0 Å². The number of hydrogen-bond donors (Lipinski definition) is 1. The molecule has 5 heteroatoms. The molecule has 0 saturated heterocycles. The summed E-state index contributed by atoms with van der Waals surface area (Å²) in [5.41, 5.74) is 4.14. The van der Waals surface area contributed by atoms with Gasteiger partial charge in [0.25, 0.3) is 0 Å². The number of fused-ring (bicyclic) bond motifs is 1. The highest BCUT2D eigenvalue weighted by molar-refractivity contribution is 5.81. The summed E-state index contributed by atoms with van der Waals surface area (Å²) in [5.74, 6) is 2.18. The number of hydrogen-bond acceptors (Lipinski definition) is 4. The number of aromatic amines is 1. The summed E-state index contributed by atoms with van der Waals surface area (Å²) in [7, 11) is 1.63. The Morgan fingerprint density at radius 1 is 0.920 bits per heavy atom. The van der Waals surface area contributed by atoms with E-state index in [0.717, 1.165) is 28.0 Å². The van der Waals surface area contributed by atoms with Gasteiger partial charge in [-0.05, 0) is 47.5 Å². The Balaban J connectivity index is 1.57. The Bertz CT molecular complexity index is 996. The third-order valence-corrected chi connectivity index (χ3v) is 3.98. The lowest BCUT2D eigenvalue weighted by Gasteiger charge is -2.08. The van der Waals surface area contributed by atoms with Gasteiger partial charge in [0.15, 0.2) is 11.5 Å². The molecule has 0 fully saturated rings. The fraction of sp³-hybridized carbons (Fsp3) is 0.100. The van der Waals surface area contributed by atoms with Crippen molar-refractivity contribution >= 4 is 11.0 Å². The van der Waals surface area contributed by atoms with Crippen molar-refractivity contribution in [3.63, 3.8) is 0 Å². The van der Waals surface area contributed by atoms with Crippen LogP contribution in [0.5, 0.6) is 11.5 Å². The average molecular weight is 331 g/mol. The molecule has 0 amide bonds. The maximum Gasteiger partial charge on any atom is 0.161 e. The van der Waals surface area contributed by atoms with E-state index in [4.69, 9.17) is 9.47 Å². The molecule has 0 atom stereocenters. The molecule has 0 radical (unpaired) electrons. The number of benzene rings is 2. The molecular formula is C20H17N3O2. The lowest BCUT2D eigenvalue weighted by molar-refractivity contribution is 0.277. The zero-order chi connectivity index (χ0) is 17.1. The maximum atomic E-state index is 5.83. The zero-order valence-electron chi connectivity index (χ0n) is 13.8. The van der Waals surface area contributed by atoms with Crippen molar-refractivity contribution in [3.05, 3.63) is 72.8 Å². The average Bonchev–Trinajstić information content (AvgIpc) is 3.09. The fourth-order valence-electron chi connectivity index (χ4n) is 2.74. The van der Waals surface area contributed by atoms with Gasteiger partial charge in [-0.1, -0.05) is 18.2 Å². The van der Waals surface area contributed by atoms with Crippen LogP contribution in [0.2, 0.25) is 0 Å². The summed E-state index contributed by atoms with van der Waals surface area (Å²) < 4.78 is 11.1. The molecule has 4 aromatic rings. The number of nitrogens with one attached hydrogen (secondary N) is 1. The molecule has 2 heterocycles. The number of pyridine rings is 1. The van der Waals surface area contributed by atoms with E-state index in [1.54, 1.807) is 19.5 Å². The van der Waals surface area contributed by atoms with Crippen LogP contribution in [0.15, 0.2) is 67.0 Å². The van der Waals surface area contributed by atoms with Gasteiger partial charge in [0.2, 0.25) is 0 Å². The number of ether oxygens (including phenoxy) is 2. The van der Waals surface area contributed by atoms with Gasteiger partial charge in [-0.25, -0.2) is 4.98 Å². The normalized spacial score (nSPS) is 10.8. The van der Waals surface area contributed by atoms with Crippen LogP contribution in [-0.2, 0) is 6.61 Å². The number of aromatic nitrogens is 3. The van der Waals surface area contributed by atoms with E-state index in [-0.39, 0.29) is 0 Å². The van der Waals surface area contributed by atoms with Crippen LogP contribution in [-0.4, -0.2) is 22.1 Å². The van der Waals surface area contributed by atoms with E-state index < -0.39 is 0 Å². The lowest BCUT2D eigenvalue weighted by Crippen LogP contribution is -1.99. The second-order valence-corrected chi connectivity index (χ2v) is 5.59. The van der Waals surface area contributed by atoms with Crippen LogP contribution in [0.4, 0.5) is 0 Å². The van der Waals surface area contributed by atoms with Crippen molar-refractivity contribution in [3.8, 4) is 22.6 Å². The quantitative estimate of drug-likeness (QED) is 0.595. The summed E-state index contributed by atoms with van der Waals surface area (Å²) in [5, 5.41) is 0. The minimum absolute atomic E-state index is 0.347. The van der Waals surface area contributed by atoms with E-state index in [1.165, 1.54) is 0 Å². The van der Waals surface area contributed by atoms with Gasteiger partial charge >= 0.3 is 0 Å². The molecule has 0 aliphatic rings. The predicted molar refractivity (Wildman–Crippen MR) is 96.7 cm³/mol. The van der Waals surface area contributed by atoms with Gasteiger partial charge in [-0.15, -0.1) is 0 Å². The number of para-hydroxylation sites is 2. The molecule has 1 N–H and O–H groups in total. The van der Waals surface area contributed by atoms with Crippen molar-refractivity contribution < 1.29 is 9.47 Å². The molecule has 2 aromatic carbocycles. The Morgan fingerprint density at radius 3 is 2.52 bits per heavy atom. The molecule has 25 heavy (non-hydrogen) atoms. The second-order valence-electron chi connectivity index (χ2n) is 5.59. The molecule has 0 unspecified atom stereocenters. The first-order valence-corrected chi connectivity index (χ1v) is 7.98. The highest BCUT2D eigenvalue weighted by Crippen LogP contribution is 2.27. The monoisotopic (exact) mass is 331 g/mol. The lowest BCUT2D eigenvalue weighted by atomic mass is 10.1. The number of nitrogens with zero attached hydrogens (tertiary/aromatic N) is 2. The molecule has 0 spiro atoms. The van der Waals surface area contributed by atoms with E-state index in [2.05, 4.69) is 27.1 Å². The molecule has 124 valence electrons. The van der Waals surface area contributed by atoms with Crippen LogP contribution in [0.3, 0.4) is 0 Å². The van der Waals surface area contributed by atoms with Crippen molar-refractivity contribution in [2.75, 3.05) is 7.11 Å². The van der Waals surface area contributed by atoms with E-state index in [9.17, 15) is 0 Å². The number of H-pyrrole nitrogens is 1. The zero-order valence-corrected chi connectivity index (χ0v) is 13.8. The second kappa shape index (κ2) is 6.65. The van der Waals surface area contributed by atoms with Crippen molar-refractivity contribution in [1.82, 2.24) is 15.0 Å². The third-order valence-electron chi connectivity index (χ3n) is 3.98. The van der Waals surface area contributed by atoms with E-state index in [1.807, 2.05) is 42.5 Å². The van der Waals surface area contributed by atoms with Crippen LogP contribution >= 0.6 is 0 Å². The molecule has 2 aromatic heterocycles. The molecule has 4 rings (SSSR count). The van der Waals surface area contributed by atoms with Gasteiger partial charge in [0.1, 0.15) is 12.4 Å². The molecular weight excluding hydrogens is 314 g/mol. The Kier molecular flexibility index (Phi) is 4.04. The van der Waals surface area contributed by atoms with Gasteiger partial charge in [-0.3, -0.25) is 4.98 Å². The summed E-state index contributed by atoms with van der Waals surface area (Å²) in [6.45, 7) is 0.347. The summed E-state index contributed by atoms with van der Waals surface area (Å²) in [6, 6.07) is 17.7. The maximum absolute atomic E-state index is 5.83. The smallest absolute Gasteiger partial charge is 0.161 e. The van der Waals surface area contributed by atoms with Gasteiger partial charge in [0, 0.05) is 12.4 Å². The van der Waals surface area contributed by atoms with Crippen LogP contribution in [0, 0.1) is 0 Å². The molecule has 0 aliphatic carbocycles. The third kappa shape index (κ3) is 3.17. The highest BCUT2D eigenvalue weighted by atomic mass is 16.5. The minimum atomic E-state index is 0.347. The molecule has 0 saturated carbocycles. The van der Waals surface area contributed by atoms with Gasteiger partial charge in [0.05, 0.1) is 18.1 Å². The molecule has 0 bridgehead atoms. The standard InChI is InChI=1S/C20H17N3O2/c1-24-18-4-2-3-5-19(18)25-13-20-22-16-7-6-15(12-17(16)23-20)14-8-10-21-11-9-14/h2-12H,13H2,1H3,(H,22,23). The topological polar surface area (TPSA) is 60.0 Å². The van der Waals surface area contributed by atoms with Gasteiger partial charge in [-0.2, -0.15) is 0 Å². The SMILES string of the molecule is COc1ccccc1OCc1nc2ccc(-c3ccncc3)cc2[nH]1.